The molecule has 6 aromatic carbocycles. The molecule has 0 saturated heterocycles. The molecule has 0 aromatic heterocycles. The number of halogens is 2. The minimum absolute atomic E-state index is 0. The van der Waals surface area contributed by atoms with Crippen LogP contribution in [0.2, 0.25) is 13.1 Å². The molecule has 228 valence electrons. The fourth-order valence-corrected chi connectivity index (χ4v) is 5.56. The molecule has 0 bridgehead atoms. The molecule has 0 saturated carbocycles. The van der Waals surface area contributed by atoms with Gasteiger partial charge in [-0.1, -0.05) is 134 Å². The standard InChI is InChI=1S/2C19H19.C2H6Si.2ClH.Zr/c2*1-13(2)18-10-14(3)9-17-11-16(12-19(17)18)15-7-5-4-6-8-15;1-3-2;;;/h2*4-13H,1-3H3;1-2H3;2*1H;/q2*-1;;;;+2/p-2. The van der Waals surface area contributed by atoms with Crippen LogP contribution in [0.25, 0.3) is 43.8 Å². The summed E-state index contributed by atoms with van der Waals surface area (Å²) in [5.74, 6) is 1.13. The van der Waals surface area contributed by atoms with E-state index in [-0.39, 0.29) is 30.2 Å². The van der Waals surface area contributed by atoms with Crippen molar-refractivity contribution in [2.45, 2.75) is 66.5 Å². The van der Waals surface area contributed by atoms with E-state index in [0.717, 1.165) is 0 Å². The zero-order valence-electron chi connectivity index (χ0n) is 27.3. The molecule has 0 heterocycles. The van der Waals surface area contributed by atoms with E-state index in [1.165, 1.54) is 66.1 Å². The maximum absolute atomic E-state index is 2.33. The summed E-state index contributed by atoms with van der Waals surface area (Å²) in [6.45, 7) is 18.0. The van der Waals surface area contributed by atoms with Crippen LogP contribution in [0.3, 0.4) is 0 Å². The van der Waals surface area contributed by atoms with Gasteiger partial charge < -0.3 is 24.8 Å². The maximum Gasteiger partial charge on any atom is -0.0289 e. The molecular weight excluding hydrogens is 671 g/mol. The van der Waals surface area contributed by atoms with Gasteiger partial charge in [-0.2, -0.15) is 0 Å². The van der Waals surface area contributed by atoms with E-state index in [0.29, 0.717) is 11.8 Å². The van der Waals surface area contributed by atoms with Crippen LogP contribution >= 0.6 is 0 Å². The third-order valence-corrected chi connectivity index (χ3v) is 7.46. The van der Waals surface area contributed by atoms with Crippen LogP contribution in [0.15, 0.2) is 109 Å². The van der Waals surface area contributed by atoms with Gasteiger partial charge in [0.2, 0.25) is 0 Å². The molecule has 0 atom stereocenters. The van der Waals surface area contributed by atoms with Crippen LogP contribution in [-0.2, 0) is 23.3 Å². The van der Waals surface area contributed by atoms with E-state index in [1.807, 2.05) is 0 Å². The molecule has 0 fully saturated rings. The first-order valence-corrected chi connectivity index (χ1v) is 21.3. The van der Waals surface area contributed by atoms with Gasteiger partial charge in [-0.15, -0.1) is 69.1 Å². The Balaban J connectivity index is 0.000000263. The number of rotatable bonds is 4. The van der Waals surface area contributed by atoms with E-state index < -0.39 is 0 Å². The third kappa shape index (κ3) is 9.89. The summed E-state index contributed by atoms with van der Waals surface area (Å²) in [5.41, 5.74) is 11.1. The summed E-state index contributed by atoms with van der Waals surface area (Å²) < 4.78 is 0. The summed E-state index contributed by atoms with van der Waals surface area (Å²) in [6, 6.07) is 39.7. The molecule has 0 aliphatic rings. The first-order valence-electron chi connectivity index (χ1n) is 15.1. The summed E-state index contributed by atoms with van der Waals surface area (Å²) in [5, 5.41) is 5.53. The summed E-state index contributed by atoms with van der Waals surface area (Å²) in [6.07, 6.45) is 0. The van der Waals surface area contributed by atoms with Gasteiger partial charge in [-0.3, -0.25) is 0 Å². The van der Waals surface area contributed by atoms with E-state index >= 15 is 0 Å². The molecule has 0 N–H and O–H groups in total. The average molecular weight is 715 g/mol. The monoisotopic (exact) mass is 712 g/mol. The molecule has 4 heteroatoms. The smallest absolute Gasteiger partial charge is 0.0289 e. The van der Waals surface area contributed by atoms with Crippen LogP contribution in [0.1, 0.15) is 61.8 Å². The fraction of sp³-hybridized carbons (Fsp3) is 0.250. The molecule has 0 radical (unpaired) electrons. The predicted octanol–water partition coefficient (Wildman–Crippen LogP) is 6.11. The second-order valence-corrected chi connectivity index (χ2v) is 21.6. The first kappa shape index (κ1) is 38.0. The van der Waals surface area contributed by atoms with Gasteiger partial charge in [-0.25, -0.2) is 0 Å². The van der Waals surface area contributed by atoms with Crippen molar-refractivity contribution in [1.82, 2.24) is 0 Å². The quantitative estimate of drug-likeness (QED) is 0.153. The van der Waals surface area contributed by atoms with Crippen LogP contribution in [-0.4, -0.2) is 5.43 Å². The molecule has 44 heavy (non-hydrogen) atoms. The van der Waals surface area contributed by atoms with Gasteiger partial charge in [0.1, 0.15) is 0 Å². The second kappa shape index (κ2) is 17.5. The van der Waals surface area contributed by atoms with E-state index in [9.17, 15) is 0 Å². The van der Waals surface area contributed by atoms with Crippen molar-refractivity contribution in [3.05, 3.63) is 131 Å². The van der Waals surface area contributed by atoms with Crippen LogP contribution in [0.5, 0.6) is 0 Å². The molecule has 6 aromatic rings. The largest absolute Gasteiger partial charge is 1.00 e. The molecular formula is C40H44Cl2SiZr-2. The number of fused-ring (bicyclic) bond motifs is 2. The number of hydrogen-bond donors (Lipinski definition) is 0. The van der Waals surface area contributed by atoms with Gasteiger partial charge in [0.25, 0.3) is 0 Å². The van der Waals surface area contributed by atoms with Crippen molar-refractivity contribution in [3.8, 4) is 22.3 Å². The van der Waals surface area contributed by atoms with Crippen molar-refractivity contribution in [2.24, 2.45) is 0 Å². The van der Waals surface area contributed by atoms with Crippen molar-refractivity contribution in [2.75, 3.05) is 0 Å². The Bertz CT molecular complexity index is 1650. The Hall–Kier alpha value is -2.22. The molecule has 0 nitrogen and oxygen atoms in total. The molecule has 6 rings (SSSR count). The summed E-state index contributed by atoms with van der Waals surface area (Å²) >= 11 is 1.74. The zero-order valence-corrected chi connectivity index (χ0v) is 32.3. The second-order valence-electron chi connectivity index (χ2n) is 12.2. The average Bonchev–Trinajstić information content (AvgIpc) is 3.57. The topological polar surface area (TPSA) is 0 Å². The first-order chi connectivity index (χ1) is 20.0. The van der Waals surface area contributed by atoms with Gasteiger partial charge in [0.15, 0.2) is 0 Å². The SMILES string of the molecule is C[Si](C)=[Zr+2].Cc1cc(C(C)C)c2cc(-c3ccccc3)[cH-]c2c1.Cc1cc(C(C)C)c2cc(-c3ccccc3)[cH-]c2c1.[Cl-].[Cl-]. The van der Waals surface area contributed by atoms with Crippen LogP contribution in [0, 0.1) is 13.8 Å². The zero-order chi connectivity index (χ0) is 30.4. The Morgan fingerprint density at radius 2 is 0.864 bits per heavy atom. The van der Waals surface area contributed by atoms with Crippen LogP contribution < -0.4 is 24.8 Å². The van der Waals surface area contributed by atoms with Crippen molar-refractivity contribution < 1.29 is 48.1 Å². The molecule has 0 aliphatic heterocycles. The van der Waals surface area contributed by atoms with E-state index in [4.69, 9.17) is 0 Å². The van der Waals surface area contributed by atoms with Gasteiger partial charge in [0.05, 0.1) is 0 Å². The van der Waals surface area contributed by atoms with Crippen molar-refractivity contribution in [1.29, 1.82) is 0 Å². The number of benzene rings is 4. The normalized spacial score (nSPS) is 10.5. The summed E-state index contributed by atoms with van der Waals surface area (Å²) in [4.78, 5) is 0. The van der Waals surface area contributed by atoms with E-state index in [1.54, 1.807) is 23.3 Å². The minimum Gasteiger partial charge on any atom is -1.00 e. The Kier molecular flexibility index (Phi) is 15.1. The number of aryl methyl sites for hydroxylation is 2. The Labute approximate surface area is 293 Å². The van der Waals surface area contributed by atoms with Crippen molar-refractivity contribution in [3.63, 3.8) is 0 Å². The minimum atomic E-state index is 0. The summed E-state index contributed by atoms with van der Waals surface area (Å²) in [7, 11) is 0. The fourth-order valence-electron chi connectivity index (χ4n) is 5.56. The Morgan fingerprint density at radius 1 is 0.545 bits per heavy atom. The molecule has 0 aliphatic carbocycles. The Morgan fingerprint density at radius 3 is 1.16 bits per heavy atom. The molecule has 0 spiro atoms. The molecule has 0 amide bonds. The van der Waals surface area contributed by atoms with E-state index in [2.05, 4.69) is 164 Å². The molecule has 0 unspecified atom stereocenters. The van der Waals surface area contributed by atoms with Crippen molar-refractivity contribution >= 4 is 27.0 Å². The van der Waals surface area contributed by atoms with Gasteiger partial charge in [0, 0.05) is 0 Å². The van der Waals surface area contributed by atoms with Gasteiger partial charge in [-0.05, 0) is 25.7 Å². The van der Waals surface area contributed by atoms with Gasteiger partial charge >= 0.3 is 41.9 Å². The maximum atomic E-state index is 2.33. The number of hydrogen-bond acceptors (Lipinski definition) is 0. The predicted molar refractivity (Wildman–Crippen MR) is 185 cm³/mol. The third-order valence-electron chi connectivity index (χ3n) is 7.46. The van der Waals surface area contributed by atoms with Crippen LogP contribution in [0.4, 0.5) is 0 Å².